The third-order valence-electron chi connectivity index (χ3n) is 6.65. The van der Waals surface area contributed by atoms with Crippen LogP contribution in [0.1, 0.15) is 41.4 Å². The number of benzene rings is 1. The molecule has 13 heteroatoms. The second-order valence-electron chi connectivity index (χ2n) is 9.17. The van der Waals surface area contributed by atoms with Gasteiger partial charge in [0.1, 0.15) is 6.04 Å². The van der Waals surface area contributed by atoms with E-state index in [9.17, 15) is 22.8 Å². The molecule has 2 aliphatic rings. The van der Waals surface area contributed by atoms with Crippen LogP contribution in [0.3, 0.4) is 0 Å². The van der Waals surface area contributed by atoms with E-state index in [2.05, 4.69) is 15.4 Å². The number of piperazine rings is 1. The number of piperidine rings is 1. The fraction of sp³-hybridized carbons (Fsp3) is 0.480. The summed E-state index contributed by atoms with van der Waals surface area (Å²) >= 11 is 7.03. The largest absolute Gasteiger partial charge is 0.349 e. The molecule has 1 atom stereocenters. The van der Waals surface area contributed by atoms with Crippen LogP contribution in [0.5, 0.6) is 0 Å². The first-order chi connectivity index (χ1) is 18.2. The molecule has 3 N–H and O–H groups in total. The van der Waals surface area contributed by atoms with Crippen LogP contribution in [0, 0.1) is 0 Å². The molecule has 38 heavy (non-hydrogen) atoms. The lowest BCUT2D eigenvalue weighted by Gasteiger charge is -2.32. The Hall–Kier alpha value is -2.51. The van der Waals surface area contributed by atoms with Gasteiger partial charge in [-0.05, 0) is 49.1 Å². The lowest BCUT2D eigenvalue weighted by molar-refractivity contribution is -0.133. The number of hydrogen-bond donors (Lipinski definition) is 3. The number of halogens is 1. The van der Waals surface area contributed by atoms with Crippen molar-refractivity contribution in [3.8, 4) is 0 Å². The Kier molecular flexibility index (Phi) is 9.42. The number of rotatable bonds is 9. The van der Waals surface area contributed by atoms with Gasteiger partial charge in [-0.15, -0.1) is 11.3 Å². The molecule has 3 heterocycles. The van der Waals surface area contributed by atoms with Gasteiger partial charge in [0.15, 0.2) is 0 Å². The Labute approximate surface area is 231 Å². The lowest BCUT2D eigenvalue weighted by Crippen LogP contribution is -2.57. The molecule has 2 aromatic rings. The predicted octanol–water partition coefficient (Wildman–Crippen LogP) is 1.99. The second-order valence-corrected chi connectivity index (χ2v) is 12.6. The molecule has 0 aliphatic carbocycles. The van der Waals surface area contributed by atoms with Crippen molar-refractivity contribution in [1.29, 1.82) is 0 Å². The van der Waals surface area contributed by atoms with Crippen molar-refractivity contribution >= 4 is 56.4 Å². The number of hydrogen-bond acceptors (Lipinski definition) is 7. The maximum atomic E-state index is 13.7. The topological polar surface area (TPSA) is 128 Å². The summed E-state index contributed by atoms with van der Waals surface area (Å²) in [5.74, 6) is -0.893. The number of nitrogens with zero attached hydrogens (tertiary/aromatic N) is 2. The maximum Gasteiger partial charge on any atom is 0.261 e. The van der Waals surface area contributed by atoms with E-state index in [1.165, 1.54) is 6.07 Å². The highest BCUT2D eigenvalue weighted by Gasteiger charge is 2.33. The summed E-state index contributed by atoms with van der Waals surface area (Å²) in [7, 11) is -4.19. The van der Waals surface area contributed by atoms with Crippen molar-refractivity contribution < 1.29 is 22.8 Å². The molecule has 0 saturated carbocycles. The van der Waals surface area contributed by atoms with Crippen molar-refractivity contribution in [3.63, 3.8) is 0 Å². The minimum atomic E-state index is -4.19. The van der Waals surface area contributed by atoms with Crippen LogP contribution < -0.4 is 20.3 Å². The van der Waals surface area contributed by atoms with Crippen LogP contribution in [-0.2, 0) is 26.0 Å². The fourth-order valence-corrected chi connectivity index (χ4v) is 7.20. The summed E-state index contributed by atoms with van der Waals surface area (Å²) in [6, 6.07) is 6.80. The Bertz CT molecular complexity index is 1290. The molecule has 2 fully saturated rings. The molecule has 0 unspecified atom stereocenters. The third kappa shape index (κ3) is 6.55. The molecule has 1 aromatic heterocycles. The van der Waals surface area contributed by atoms with E-state index in [4.69, 9.17) is 11.6 Å². The first-order valence-corrected chi connectivity index (χ1v) is 15.4. The lowest BCUT2D eigenvalue weighted by atomic mass is 10.1. The zero-order chi connectivity index (χ0) is 27.3. The third-order valence-corrected chi connectivity index (χ3v) is 9.44. The van der Waals surface area contributed by atoms with Crippen molar-refractivity contribution in [1.82, 2.24) is 20.3 Å². The highest BCUT2D eigenvalue weighted by atomic mass is 35.5. The minimum Gasteiger partial charge on any atom is -0.349 e. The zero-order valence-electron chi connectivity index (χ0n) is 21.2. The molecule has 4 rings (SSSR count). The highest BCUT2D eigenvalue weighted by molar-refractivity contribution is 7.89. The summed E-state index contributed by atoms with van der Waals surface area (Å²) in [6.07, 6.45) is 2.47. The molecule has 0 radical (unpaired) electrons. The van der Waals surface area contributed by atoms with E-state index in [-0.39, 0.29) is 17.3 Å². The first kappa shape index (κ1) is 28.5. The van der Waals surface area contributed by atoms with Gasteiger partial charge in [0.2, 0.25) is 21.8 Å². The van der Waals surface area contributed by atoms with Crippen LogP contribution in [0.2, 0.25) is 4.34 Å². The Morgan fingerprint density at radius 2 is 1.89 bits per heavy atom. The molecule has 0 bridgehead atoms. The van der Waals surface area contributed by atoms with Gasteiger partial charge in [-0.1, -0.05) is 24.6 Å². The number of carbonyl (C=O) groups is 3. The summed E-state index contributed by atoms with van der Waals surface area (Å²) in [5, 5.41) is 5.84. The minimum absolute atomic E-state index is 0.0188. The van der Waals surface area contributed by atoms with E-state index in [0.29, 0.717) is 66.0 Å². The predicted molar refractivity (Wildman–Crippen MR) is 147 cm³/mol. The van der Waals surface area contributed by atoms with Gasteiger partial charge in [-0.3, -0.25) is 14.4 Å². The number of sulfonamides is 1. The second kappa shape index (κ2) is 12.6. The van der Waals surface area contributed by atoms with Crippen LogP contribution in [0.15, 0.2) is 35.2 Å². The van der Waals surface area contributed by atoms with Crippen LogP contribution in [0.4, 0.5) is 5.69 Å². The summed E-state index contributed by atoms with van der Waals surface area (Å²) in [5.41, 5.74) is 1.09. The Morgan fingerprint density at radius 3 is 2.55 bits per heavy atom. The SMILES string of the molecule is CCc1c(N2CCCCC2=O)cccc1S(=O)(=O)N[C@@H](CNC(=O)c1ccc(Cl)s1)C(=O)N1CCNCC1. The monoisotopic (exact) mass is 581 g/mol. The molecule has 2 aliphatic heterocycles. The van der Waals surface area contributed by atoms with Crippen molar-refractivity contribution in [2.75, 3.05) is 44.2 Å². The average Bonchev–Trinajstić information content (AvgIpc) is 3.37. The number of carbonyl (C=O) groups excluding carboxylic acids is 3. The Morgan fingerprint density at radius 1 is 1.13 bits per heavy atom. The van der Waals surface area contributed by atoms with Gasteiger partial charge >= 0.3 is 0 Å². The van der Waals surface area contributed by atoms with E-state index in [0.717, 1.165) is 24.2 Å². The molecule has 206 valence electrons. The van der Waals surface area contributed by atoms with Crippen LogP contribution >= 0.6 is 22.9 Å². The molecule has 2 saturated heterocycles. The van der Waals surface area contributed by atoms with Gasteiger partial charge in [0.25, 0.3) is 5.91 Å². The highest BCUT2D eigenvalue weighted by Crippen LogP contribution is 2.30. The summed E-state index contributed by atoms with van der Waals surface area (Å²) in [6.45, 7) is 4.18. The zero-order valence-corrected chi connectivity index (χ0v) is 23.6. The van der Waals surface area contributed by atoms with E-state index < -0.39 is 27.9 Å². The van der Waals surface area contributed by atoms with Crippen LogP contribution in [0.25, 0.3) is 0 Å². The van der Waals surface area contributed by atoms with Crippen molar-refractivity contribution in [2.24, 2.45) is 0 Å². The molecular weight excluding hydrogens is 550 g/mol. The summed E-state index contributed by atoms with van der Waals surface area (Å²) < 4.78 is 30.4. The molecule has 10 nitrogen and oxygen atoms in total. The molecule has 3 amide bonds. The van der Waals surface area contributed by atoms with Crippen molar-refractivity contribution in [3.05, 3.63) is 45.1 Å². The quantitative estimate of drug-likeness (QED) is 0.415. The molecular formula is C25H32ClN5O5S2. The standard InChI is InChI=1S/C25H32ClN5O5S2/c1-2-17-19(31-13-4-3-8-23(31)32)6-5-7-21(17)38(35,36)29-18(25(34)30-14-11-27-12-15-30)16-28-24(33)20-9-10-22(26)37-20/h5-7,9-10,18,27,29H,2-4,8,11-16H2,1H3,(H,28,33)/t18-/m0/s1. The summed E-state index contributed by atoms with van der Waals surface area (Å²) in [4.78, 5) is 42.3. The van der Waals surface area contributed by atoms with E-state index in [1.54, 1.807) is 34.1 Å². The smallest absolute Gasteiger partial charge is 0.261 e. The van der Waals surface area contributed by atoms with Gasteiger partial charge in [0, 0.05) is 51.4 Å². The average molecular weight is 582 g/mol. The number of nitrogens with one attached hydrogen (secondary N) is 3. The van der Waals surface area contributed by atoms with Crippen LogP contribution in [-0.4, -0.2) is 76.3 Å². The normalized spacial score (nSPS) is 17.4. The first-order valence-electron chi connectivity index (χ1n) is 12.7. The van der Waals surface area contributed by atoms with Crippen molar-refractivity contribution in [2.45, 2.75) is 43.5 Å². The molecule has 1 aromatic carbocycles. The number of anilines is 1. The van der Waals surface area contributed by atoms with Gasteiger partial charge in [-0.2, -0.15) is 4.72 Å². The van der Waals surface area contributed by atoms with Gasteiger partial charge in [0.05, 0.1) is 14.1 Å². The van der Waals surface area contributed by atoms with E-state index >= 15 is 0 Å². The molecule has 0 spiro atoms. The number of thiophene rings is 1. The van der Waals surface area contributed by atoms with Gasteiger partial charge in [-0.25, -0.2) is 8.42 Å². The van der Waals surface area contributed by atoms with E-state index in [1.807, 2.05) is 6.92 Å². The van der Waals surface area contributed by atoms with Gasteiger partial charge < -0.3 is 20.4 Å². The fourth-order valence-electron chi connectivity index (χ4n) is 4.73. The number of amides is 3. The maximum absolute atomic E-state index is 13.7. The Balaban J connectivity index is 1.61.